The van der Waals surface area contributed by atoms with Crippen LogP contribution in [-0.4, -0.2) is 6.85 Å². The zero-order chi connectivity index (χ0) is 52.0. The lowest BCUT2D eigenvalue weighted by molar-refractivity contribution is 0.332. The van der Waals surface area contributed by atoms with Crippen LogP contribution in [0.1, 0.15) is 162 Å². The zero-order valence-electron chi connectivity index (χ0n) is 46.7. The van der Waals surface area contributed by atoms with Gasteiger partial charge in [-0.3, -0.25) is 0 Å². The minimum absolute atomic E-state index is 0.0184. The van der Waals surface area contributed by atoms with Crippen LogP contribution in [0.2, 0.25) is 0 Å². The summed E-state index contributed by atoms with van der Waals surface area (Å²) in [6, 6.07) is 48.8. The molecule has 7 aromatic carbocycles. The van der Waals surface area contributed by atoms with Crippen molar-refractivity contribution in [1.82, 2.24) is 0 Å². The number of anilines is 5. The number of hydrogen-bond donors (Lipinski definition) is 0. The molecule has 0 unspecified atom stereocenters. The lowest BCUT2D eigenvalue weighted by Crippen LogP contribution is -2.61. The van der Waals surface area contributed by atoms with Crippen molar-refractivity contribution in [2.75, 3.05) is 9.71 Å². The lowest BCUT2D eigenvalue weighted by atomic mass is 9.43. The summed E-state index contributed by atoms with van der Waals surface area (Å²) in [5, 5.41) is 5.50. The van der Waals surface area contributed by atoms with Crippen molar-refractivity contribution in [2.45, 2.75) is 162 Å². The van der Waals surface area contributed by atoms with Gasteiger partial charge in [0.05, 0.1) is 21.1 Å². The summed E-state index contributed by atoms with van der Waals surface area (Å²) < 4.78 is 4.17. The van der Waals surface area contributed by atoms with Crippen molar-refractivity contribution in [2.24, 2.45) is 0 Å². The van der Waals surface area contributed by atoms with Crippen molar-refractivity contribution in [3.05, 3.63) is 160 Å². The Hall–Kier alpha value is -5.62. The van der Waals surface area contributed by atoms with Gasteiger partial charge in [0.1, 0.15) is 0 Å². The van der Waals surface area contributed by atoms with Gasteiger partial charge in [0.2, 0.25) is 0 Å². The maximum Gasteiger partial charge on any atom is 0.334 e. The zero-order valence-corrected chi connectivity index (χ0v) is 48.3. The molecule has 4 heterocycles. The van der Waals surface area contributed by atoms with Crippen LogP contribution in [0.4, 0.5) is 27.8 Å². The van der Waals surface area contributed by atoms with Crippen molar-refractivity contribution < 1.29 is 0 Å². The number of hydrogen-bond acceptors (Lipinski definition) is 4. The Labute approximate surface area is 450 Å². The van der Waals surface area contributed by atoms with Gasteiger partial charge in [0.15, 0.2) is 0 Å². The predicted molar refractivity (Wildman–Crippen MR) is 327 cm³/mol. The fourth-order valence-electron chi connectivity index (χ4n) is 13.7. The number of benzene rings is 7. The third kappa shape index (κ3) is 7.07. The Kier molecular flexibility index (Phi) is 10.2. The highest BCUT2D eigenvalue weighted by Crippen LogP contribution is 2.57. The first-order valence-electron chi connectivity index (χ1n) is 27.5. The summed E-state index contributed by atoms with van der Waals surface area (Å²) in [7, 11) is 0. The van der Waals surface area contributed by atoms with Crippen molar-refractivity contribution >= 4 is 98.5 Å². The predicted octanol–water partition coefficient (Wildman–Crippen LogP) is 19.2. The number of rotatable bonds is 3. The standard InChI is InChI=1S/C69H73BN2S2/c1-40-33-49-45-26-27-46-48-36-51-53(68(12,13)31-29-66(51,8)9)38-57(48)73-62(46)61(45)72(44-24-21-42(22-25-44)64(2,3)4)70-59(49)56(34-40)71(55-28-23-43(65(5,6)7)35-47(55)41-19-17-16-18-20-41)63-60(70)50-37-52-54(39-58(50)74-63)69(14,15)32-30-67(52,10)11/h16-28,33-39H,29-32H2,1-15H3. The van der Waals surface area contributed by atoms with Gasteiger partial charge in [0.25, 0.3) is 0 Å². The van der Waals surface area contributed by atoms with E-state index in [-0.39, 0.29) is 39.3 Å². The van der Waals surface area contributed by atoms with E-state index in [2.05, 4.69) is 235 Å². The minimum atomic E-state index is -0.0951. The van der Waals surface area contributed by atoms with Crippen LogP contribution in [0.3, 0.4) is 0 Å². The van der Waals surface area contributed by atoms with Crippen LogP contribution in [0.5, 0.6) is 0 Å². The molecule has 5 heteroatoms. The first kappa shape index (κ1) is 48.1. The van der Waals surface area contributed by atoms with E-state index in [9.17, 15) is 0 Å². The average molecular weight is 1010 g/mol. The summed E-state index contributed by atoms with van der Waals surface area (Å²) in [6.07, 6.45) is 4.77. The molecule has 0 saturated heterocycles. The molecule has 2 aliphatic carbocycles. The van der Waals surface area contributed by atoms with Crippen molar-refractivity contribution in [3.8, 4) is 22.3 Å². The summed E-state index contributed by atoms with van der Waals surface area (Å²) in [5.41, 5.74) is 23.6. The van der Waals surface area contributed by atoms with Crippen LogP contribution < -0.4 is 20.6 Å². The fourth-order valence-corrected chi connectivity index (χ4v) is 16.3. The van der Waals surface area contributed by atoms with Crippen LogP contribution in [-0.2, 0) is 32.5 Å². The molecule has 74 heavy (non-hydrogen) atoms. The molecule has 2 aliphatic heterocycles. The number of nitrogens with zero attached hydrogens (tertiary/aromatic N) is 2. The molecule has 0 N–H and O–H groups in total. The first-order chi connectivity index (χ1) is 34.8. The maximum absolute atomic E-state index is 2.83. The van der Waals surface area contributed by atoms with Gasteiger partial charge in [-0.15, -0.1) is 22.7 Å². The van der Waals surface area contributed by atoms with Crippen molar-refractivity contribution in [1.29, 1.82) is 0 Å². The summed E-state index contributed by atoms with van der Waals surface area (Å²) in [5.74, 6) is 0. The third-order valence-electron chi connectivity index (χ3n) is 18.5. The Morgan fingerprint density at radius 2 is 1.03 bits per heavy atom. The molecule has 0 amide bonds. The molecular weight excluding hydrogens is 932 g/mol. The monoisotopic (exact) mass is 1000 g/mol. The molecule has 2 aromatic heterocycles. The second-order valence-electron chi connectivity index (χ2n) is 27.6. The molecule has 2 nitrogen and oxygen atoms in total. The third-order valence-corrected chi connectivity index (χ3v) is 20.9. The van der Waals surface area contributed by atoms with E-state index in [4.69, 9.17) is 0 Å². The molecule has 13 rings (SSSR count). The molecule has 9 aromatic rings. The quantitative estimate of drug-likeness (QED) is 0.163. The molecule has 0 saturated carbocycles. The van der Waals surface area contributed by atoms with Crippen LogP contribution in [0, 0.1) is 6.92 Å². The van der Waals surface area contributed by atoms with Crippen LogP contribution >= 0.6 is 22.7 Å². The van der Waals surface area contributed by atoms with E-state index >= 15 is 0 Å². The van der Waals surface area contributed by atoms with Crippen LogP contribution in [0.25, 0.3) is 52.5 Å². The second-order valence-corrected chi connectivity index (χ2v) is 29.7. The SMILES string of the molecule is Cc1cc2c3c(c1)N(c1ccc(C(C)(C)C)cc1-c1ccccc1)c1sc4cc5c(cc4c1B3N(c1ccc(C(C)(C)C)cc1)c1c-2ccc2c1sc1cc3c(cc12)C(C)(C)CCC3(C)C)C(C)(C)CCC5(C)C. The Morgan fingerprint density at radius 3 is 1.62 bits per heavy atom. The molecule has 0 radical (unpaired) electrons. The van der Waals surface area contributed by atoms with Crippen molar-refractivity contribution in [3.63, 3.8) is 0 Å². The van der Waals surface area contributed by atoms with E-state index in [1.54, 1.807) is 0 Å². The van der Waals surface area contributed by atoms with E-state index in [0.717, 1.165) is 0 Å². The van der Waals surface area contributed by atoms with Gasteiger partial charge in [-0.2, -0.15) is 0 Å². The highest BCUT2D eigenvalue weighted by Gasteiger charge is 2.49. The van der Waals surface area contributed by atoms with Gasteiger partial charge < -0.3 is 9.71 Å². The summed E-state index contributed by atoms with van der Waals surface area (Å²) in [4.78, 5) is 5.54. The van der Waals surface area contributed by atoms with E-state index in [0.29, 0.717) is 0 Å². The smallest absolute Gasteiger partial charge is 0.334 e. The largest absolute Gasteiger partial charge is 0.375 e. The van der Waals surface area contributed by atoms with Gasteiger partial charge >= 0.3 is 6.85 Å². The van der Waals surface area contributed by atoms with Gasteiger partial charge in [-0.25, -0.2) is 0 Å². The first-order valence-corrected chi connectivity index (χ1v) is 29.2. The highest BCUT2D eigenvalue weighted by atomic mass is 32.1. The Morgan fingerprint density at radius 1 is 0.473 bits per heavy atom. The number of fused-ring (bicyclic) bond motifs is 12. The number of aryl methyl sites for hydroxylation is 1. The average Bonchev–Trinajstić information content (AvgIpc) is 3.96. The Balaban J connectivity index is 1.19. The molecule has 0 atom stereocenters. The molecule has 0 fully saturated rings. The Bertz CT molecular complexity index is 3830. The van der Waals surface area contributed by atoms with Gasteiger partial charge in [0, 0.05) is 42.7 Å². The lowest BCUT2D eigenvalue weighted by Gasteiger charge is -2.45. The van der Waals surface area contributed by atoms with E-state index < -0.39 is 0 Å². The maximum atomic E-state index is 2.83. The molecule has 4 aliphatic rings. The van der Waals surface area contributed by atoms with Gasteiger partial charge in [-0.1, -0.05) is 164 Å². The molecule has 0 bridgehead atoms. The van der Waals surface area contributed by atoms with Gasteiger partial charge in [-0.05, 0) is 186 Å². The molecule has 374 valence electrons. The normalized spacial score (nSPS) is 18.1. The van der Waals surface area contributed by atoms with E-state index in [1.165, 1.54) is 156 Å². The minimum Gasteiger partial charge on any atom is -0.375 e. The second kappa shape index (κ2) is 15.7. The summed E-state index contributed by atoms with van der Waals surface area (Å²) >= 11 is 4.04. The highest BCUT2D eigenvalue weighted by molar-refractivity contribution is 7.27. The molecular formula is C69H73BN2S2. The topological polar surface area (TPSA) is 6.48 Å². The van der Waals surface area contributed by atoms with E-state index in [1.807, 2.05) is 22.7 Å². The molecule has 0 spiro atoms. The number of thiophene rings is 2. The van der Waals surface area contributed by atoms with Crippen LogP contribution in [0.15, 0.2) is 121 Å². The summed E-state index contributed by atoms with van der Waals surface area (Å²) in [6.45, 7) is 36.1. The fraction of sp³-hybridized carbons (Fsp3) is 0.362.